The van der Waals surface area contributed by atoms with Gasteiger partial charge in [-0.3, -0.25) is 25.2 Å². The number of nitrogens with one attached hydrogen (secondary N) is 2. The van der Waals surface area contributed by atoms with Gasteiger partial charge < -0.3 is 19.1 Å². The van der Waals surface area contributed by atoms with Gasteiger partial charge in [-0.1, -0.05) is 6.07 Å². The van der Waals surface area contributed by atoms with Crippen LogP contribution in [0, 0.1) is 5.92 Å². The van der Waals surface area contributed by atoms with Crippen molar-refractivity contribution in [3.63, 3.8) is 0 Å². The average molecular weight is 490 g/mol. The van der Waals surface area contributed by atoms with Gasteiger partial charge in [-0.2, -0.15) is 0 Å². The van der Waals surface area contributed by atoms with E-state index >= 15 is 0 Å². The number of carbonyl (C=O) groups excluding carboxylic acids is 3. The van der Waals surface area contributed by atoms with Crippen molar-refractivity contribution >= 4 is 29.1 Å². The summed E-state index contributed by atoms with van der Waals surface area (Å²) in [7, 11) is 0. The Hall–Kier alpha value is -3.27. The van der Waals surface area contributed by atoms with Crippen LogP contribution in [0.3, 0.4) is 0 Å². The molecule has 10 heteroatoms. The molecule has 1 saturated heterocycles. The minimum atomic E-state index is -0.513. The largest absolute Gasteiger partial charge is 0.490 e. The fourth-order valence-corrected chi connectivity index (χ4v) is 4.43. The second kappa shape index (κ2) is 12.3. The van der Waals surface area contributed by atoms with E-state index in [9.17, 15) is 14.4 Å². The number of ether oxygens (including phenoxy) is 3. The fourth-order valence-electron chi connectivity index (χ4n) is 3.74. The quantitative estimate of drug-likeness (QED) is 0.524. The van der Waals surface area contributed by atoms with Crippen LogP contribution in [0.2, 0.25) is 0 Å². The molecule has 0 bridgehead atoms. The topological polar surface area (TPSA) is 106 Å². The Kier molecular flexibility index (Phi) is 9.15. The van der Waals surface area contributed by atoms with Crippen molar-refractivity contribution in [3.8, 4) is 17.2 Å². The highest BCUT2D eigenvalue weighted by molar-refractivity contribution is 7.12. The third-order valence-electron chi connectivity index (χ3n) is 5.28. The van der Waals surface area contributed by atoms with Crippen molar-refractivity contribution in [3.05, 3.63) is 40.1 Å². The van der Waals surface area contributed by atoms with E-state index in [0.29, 0.717) is 61.5 Å². The van der Waals surface area contributed by atoms with E-state index in [-0.39, 0.29) is 17.4 Å². The van der Waals surface area contributed by atoms with Crippen LogP contribution in [0.15, 0.2) is 29.6 Å². The zero-order chi connectivity index (χ0) is 24.5. The van der Waals surface area contributed by atoms with Crippen molar-refractivity contribution in [1.29, 1.82) is 0 Å². The van der Waals surface area contributed by atoms with Crippen LogP contribution < -0.4 is 25.1 Å². The molecule has 2 N–H and O–H groups in total. The van der Waals surface area contributed by atoms with E-state index in [1.54, 1.807) is 23.1 Å². The van der Waals surface area contributed by atoms with Gasteiger partial charge in [0.15, 0.2) is 11.5 Å². The molecule has 1 atom stereocenters. The number of piperidine rings is 1. The fraction of sp³-hybridized carbons (Fsp3) is 0.458. The minimum Gasteiger partial charge on any atom is -0.490 e. The zero-order valence-electron chi connectivity index (χ0n) is 19.7. The predicted octanol–water partition coefficient (Wildman–Crippen LogP) is 3.26. The maximum Gasteiger partial charge on any atom is 0.269 e. The van der Waals surface area contributed by atoms with Crippen molar-refractivity contribution in [2.75, 3.05) is 32.9 Å². The van der Waals surface area contributed by atoms with Crippen LogP contribution in [-0.2, 0) is 4.79 Å². The Balaban J connectivity index is 1.65. The first-order valence-electron chi connectivity index (χ1n) is 11.5. The third kappa shape index (κ3) is 6.19. The summed E-state index contributed by atoms with van der Waals surface area (Å²) in [6, 6.07) is 6.72. The van der Waals surface area contributed by atoms with E-state index in [0.717, 1.165) is 6.42 Å². The Bertz CT molecular complexity index is 968. The van der Waals surface area contributed by atoms with Gasteiger partial charge in [-0.15, -0.1) is 11.3 Å². The molecule has 0 spiro atoms. The number of likely N-dealkylation sites (tertiary alicyclic amines) is 1. The first-order chi connectivity index (χ1) is 16.5. The molecule has 2 heterocycles. The first kappa shape index (κ1) is 25.4. The average Bonchev–Trinajstić information content (AvgIpc) is 3.39. The number of hydrogen-bond acceptors (Lipinski definition) is 7. The molecule has 34 heavy (non-hydrogen) atoms. The van der Waals surface area contributed by atoms with Crippen molar-refractivity contribution in [1.82, 2.24) is 15.8 Å². The standard InChI is InChI=1S/C24H31N3O6S/c1-4-31-18-13-17(14-19(32-5-2)21(18)33-6-3)23(29)26-25-22(28)16-9-7-11-27(15-16)24(30)20-10-8-12-34-20/h8,10,12-14,16H,4-7,9,11,15H2,1-3H3,(H,25,28)(H,26,29). The second-order valence-corrected chi connectivity index (χ2v) is 8.56. The van der Waals surface area contributed by atoms with E-state index in [1.165, 1.54) is 11.3 Å². The third-order valence-corrected chi connectivity index (χ3v) is 6.14. The molecule has 1 aromatic heterocycles. The van der Waals surface area contributed by atoms with Gasteiger partial charge >= 0.3 is 0 Å². The number of benzene rings is 1. The highest BCUT2D eigenvalue weighted by atomic mass is 32.1. The Morgan fingerprint density at radius 2 is 1.71 bits per heavy atom. The molecular formula is C24H31N3O6S. The van der Waals surface area contributed by atoms with Crippen LogP contribution >= 0.6 is 11.3 Å². The number of carbonyl (C=O) groups is 3. The minimum absolute atomic E-state index is 0.0715. The lowest BCUT2D eigenvalue weighted by Crippen LogP contribution is -2.50. The van der Waals surface area contributed by atoms with Gasteiger partial charge in [0, 0.05) is 18.7 Å². The van der Waals surface area contributed by atoms with Gasteiger partial charge in [0.05, 0.1) is 30.6 Å². The molecule has 3 amide bonds. The molecule has 1 unspecified atom stereocenters. The van der Waals surface area contributed by atoms with Gasteiger partial charge in [0.2, 0.25) is 11.7 Å². The van der Waals surface area contributed by atoms with E-state index in [2.05, 4.69) is 10.9 Å². The molecule has 1 aromatic carbocycles. The molecule has 1 fully saturated rings. The number of rotatable bonds is 9. The van der Waals surface area contributed by atoms with Gasteiger partial charge in [0.25, 0.3) is 11.8 Å². The van der Waals surface area contributed by atoms with Crippen molar-refractivity contribution in [2.24, 2.45) is 5.92 Å². The van der Waals surface area contributed by atoms with E-state index in [4.69, 9.17) is 14.2 Å². The smallest absolute Gasteiger partial charge is 0.269 e. The van der Waals surface area contributed by atoms with Gasteiger partial charge in [-0.25, -0.2) is 0 Å². The number of thiophene rings is 1. The first-order valence-corrected chi connectivity index (χ1v) is 12.4. The van der Waals surface area contributed by atoms with Crippen molar-refractivity contribution < 1.29 is 28.6 Å². The van der Waals surface area contributed by atoms with Crippen LogP contribution in [0.4, 0.5) is 0 Å². The maximum atomic E-state index is 12.8. The second-order valence-electron chi connectivity index (χ2n) is 7.61. The molecule has 184 valence electrons. The highest BCUT2D eigenvalue weighted by Gasteiger charge is 2.29. The summed E-state index contributed by atoms with van der Waals surface area (Å²) >= 11 is 1.38. The molecule has 3 rings (SSSR count). The summed E-state index contributed by atoms with van der Waals surface area (Å²) in [4.78, 5) is 40.5. The van der Waals surface area contributed by atoms with Crippen molar-refractivity contribution in [2.45, 2.75) is 33.6 Å². The number of amides is 3. The number of hydrazine groups is 1. The molecule has 9 nitrogen and oxygen atoms in total. The lowest BCUT2D eigenvalue weighted by molar-refractivity contribution is -0.127. The molecule has 0 aliphatic carbocycles. The summed E-state index contributed by atoms with van der Waals surface area (Å²) in [5, 5.41) is 1.85. The highest BCUT2D eigenvalue weighted by Crippen LogP contribution is 2.39. The Labute approximate surface area is 203 Å². The normalized spacial score (nSPS) is 15.4. The molecule has 2 aromatic rings. The molecular weight excluding hydrogens is 458 g/mol. The van der Waals surface area contributed by atoms with Gasteiger partial charge in [-0.05, 0) is 57.2 Å². The summed E-state index contributed by atoms with van der Waals surface area (Å²) in [5.41, 5.74) is 5.22. The summed E-state index contributed by atoms with van der Waals surface area (Å²) < 4.78 is 16.9. The van der Waals surface area contributed by atoms with Crippen LogP contribution in [0.5, 0.6) is 17.2 Å². The van der Waals surface area contributed by atoms with E-state index < -0.39 is 11.8 Å². The SMILES string of the molecule is CCOc1cc(C(=O)NNC(=O)C2CCCN(C(=O)c3cccs3)C2)cc(OCC)c1OCC. The monoisotopic (exact) mass is 489 g/mol. The lowest BCUT2D eigenvalue weighted by Gasteiger charge is -2.31. The predicted molar refractivity (Wildman–Crippen MR) is 129 cm³/mol. The zero-order valence-corrected chi connectivity index (χ0v) is 20.5. The Morgan fingerprint density at radius 1 is 1.03 bits per heavy atom. The molecule has 0 radical (unpaired) electrons. The molecule has 1 aliphatic heterocycles. The van der Waals surface area contributed by atoms with Crippen LogP contribution in [0.25, 0.3) is 0 Å². The molecule has 0 saturated carbocycles. The molecule has 1 aliphatic rings. The summed E-state index contributed by atoms with van der Waals surface area (Å²) in [5.74, 6) is -0.110. The lowest BCUT2D eigenvalue weighted by atomic mass is 9.97. The van der Waals surface area contributed by atoms with Gasteiger partial charge in [0.1, 0.15) is 0 Å². The summed E-state index contributed by atoms with van der Waals surface area (Å²) in [6.07, 6.45) is 1.36. The maximum absolute atomic E-state index is 12.8. The number of hydrogen-bond donors (Lipinski definition) is 2. The Morgan fingerprint density at radius 3 is 2.29 bits per heavy atom. The van der Waals surface area contributed by atoms with Crippen LogP contribution in [0.1, 0.15) is 53.6 Å². The van der Waals surface area contributed by atoms with E-state index in [1.807, 2.05) is 32.2 Å². The number of nitrogens with zero attached hydrogens (tertiary/aromatic N) is 1. The summed E-state index contributed by atoms with van der Waals surface area (Å²) in [6.45, 7) is 7.62. The van der Waals surface area contributed by atoms with Crippen LogP contribution in [-0.4, -0.2) is 55.5 Å².